The Morgan fingerprint density at radius 1 is 0.896 bits per heavy atom. The lowest BCUT2D eigenvalue weighted by Crippen LogP contribution is -2.28. The fourth-order valence-corrected chi connectivity index (χ4v) is 7.29. The number of allylic oxidation sites excluding steroid dienone is 8. The maximum absolute atomic E-state index is 11.6. The van der Waals surface area contributed by atoms with Gasteiger partial charge in [0.25, 0.3) is 0 Å². The first-order valence-corrected chi connectivity index (χ1v) is 16.6. The molecule has 9 nitrogen and oxygen atoms in total. The van der Waals surface area contributed by atoms with Gasteiger partial charge < -0.3 is 15.1 Å². The number of para-hydroxylation sites is 1. The Morgan fingerprint density at radius 3 is 2.38 bits per heavy atom. The van der Waals surface area contributed by atoms with Crippen molar-refractivity contribution >= 4 is 51.8 Å². The lowest BCUT2D eigenvalue weighted by Gasteiger charge is -2.26. The van der Waals surface area contributed by atoms with Crippen molar-refractivity contribution < 1.29 is 39.0 Å². The molecule has 0 saturated carbocycles. The van der Waals surface area contributed by atoms with E-state index in [1.807, 2.05) is 78.9 Å². The van der Waals surface area contributed by atoms with Crippen LogP contribution in [0.3, 0.4) is 0 Å². The highest BCUT2D eigenvalue weighted by Crippen LogP contribution is 2.48. The number of anilines is 1. The van der Waals surface area contributed by atoms with Crippen molar-refractivity contribution in [3.63, 3.8) is 0 Å². The minimum absolute atomic E-state index is 0.000238. The van der Waals surface area contributed by atoms with E-state index >= 15 is 0 Å². The van der Waals surface area contributed by atoms with E-state index in [0.717, 1.165) is 56.1 Å². The van der Waals surface area contributed by atoms with Gasteiger partial charge in [0.15, 0.2) is 12.3 Å². The largest absolute Gasteiger partial charge is 0.481 e. The van der Waals surface area contributed by atoms with Crippen molar-refractivity contribution in [2.45, 2.75) is 62.7 Å². The first-order chi connectivity index (χ1) is 23.0. The minimum atomic E-state index is -0.855. The summed E-state index contributed by atoms with van der Waals surface area (Å²) in [6.45, 7) is 9.65. The Balaban J connectivity index is 1.38. The number of aliphatic carboxylic acids is 2. The van der Waals surface area contributed by atoms with Gasteiger partial charge in [0, 0.05) is 52.4 Å². The Bertz CT molecular complexity index is 1870. The van der Waals surface area contributed by atoms with E-state index in [1.165, 1.54) is 5.56 Å². The smallest absolute Gasteiger partial charge is 0.309 e. The topological polar surface area (TPSA) is 120 Å². The van der Waals surface area contributed by atoms with Crippen molar-refractivity contribution in [2.24, 2.45) is 0 Å². The van der Waals surface area contributed by atoms with Crippen LogP contribution in [0.1, 0.15) is 58.1 Å². The fraction of sp³-hybridized carbons (Fsp3) is 0.289. The maximum Gasteiger partial charge on any atom is 0.309 e. The molecule has 0 fully saturated rings. The fourth-order valence-electron chi connectivity index (χ4n) is 6.88. The predicted molar refractivity (Wildman–Crippen MR) is 189 cm³/mol. The van der Waals surface area contributed by atoms with Crippen molar-refractivity contribution in [3.05, 3.63) is 114 Å². The van der Waals surface area contributed by atoms with Crippen molar-refractivity contribution in [2.75, 3.05) is 18.0 Å². The van der Waals surface area contributed by atoms with Gasteiger partial charge in [-0.25, -0.2) is 5.26 Å². The van der Waals surface area contributed by atoms with Crippen LogP contribution in [0, 0.1) is 0 Å². The zero-order chi connectivity index (χ0) is 34.5. The molecule has 0 saturated heterocycles. The zero-order valence-corrected chi connectivity index (χ0v) is 28.4. The molecule has 3 N–H and O–H groups in total. The van der Waals surface area contributed by atoms with Gasteiger partial charge in [-0.05, 0) is 66.9 Å². The summed E-state index contributed by atoms with van der Waals surface area (Å²) < 4.78 is 6.70. The Morgan fingerprint density at radius 2 is 1.62 bits per heavy atom. The van der Waals surface area contributed by atoms with E-state index in [9.17, 15) is 19.8 Å². The van der Waals surface area contributed by atoms with E-state index in [0.29, 0.717) is 19.5 Å². The van der Waals surface area contributed by atoms with Crippen LogP contribution in [-0.4, -0.2) is 50.8 Å². The molecule has 2 aliphatic heterocycles. The molecule has 2 aliphatic rings. The zero-order valence-electron chi connectivity index (χ0n) is 27.6. The molecule has 0 bridgehead atoms. The Kier molecular flexibility index (Phi) is 10.7. The number of hydrogen-bond acceptors (Lipinski definition) is 7. The lowest BCUT2D eigenvalue weighted by molar-refractivity contribution is -0.436. The van der Waals surface area contributed by atoms with E-state index in [2.05, 4.69) is 64.8 Å². The highest BCUT2D eigenvalue weighted by Gasteiger charge is 2.45. The summed E-state index contributed by atoms with van der Waals surface area (Å²) in [5, 5.41) is 33.0. The number of rotatable bonds is 14. The molecule has 0 amide bonds. The maximum atomic E-state index is 11.6. The third-order valence-corrected chi connectivity index (χ3v) is 9.63. The van der Waals surface area contributed by atoms with Crippen LogP contribution in [-0.2, 0) is 29.8 Å². The van der Waals surface area contributed by atoms with Crippen molar-refractivity contribution in [1.29, 1.82) is 0 Å². The van der Waals surface area contributed by atoms with Crippen LogP contribution in [0.4, 0.5) is 11.4 Å². The molecule has 0 aliphatic carbocycles. The average molecular weight is 670 g/mol. The quantitative estimate of drug-likeness (QED) is 0.0512. The number of hydrogen-bond donors (Lipinski definition) is 3. The van der Waals surface area contributed by atoms with Crippen LogP contribution in [0.2, 0.25) is 0 Å². The summed E-state index contributed by atoms with van der Waals surface area (Å²) >= 11 is 0.905. The molecule has 2 heterocycles. The minimum Gasteiger partial charge on any atom is -0.481 e. The molecule has 48 heavy (non-hydrogen) atoms. The molecule has 0 unspecified atom stereocenters. The highest BCUT2D eigenvalue weighted by molar-refractivity contribution is 7.94. The number of fused-ring (bicyclic) bond motifs is 4. The van der Waals surface area contributed by atoms with Crippen molar-refractivity contribution in [1.82, 2.24) is 0 Å². The Hall–Kier alpha value is -4.48. The van der Waals surface area contributed by atoms with E-state index in [-0.39, 0.29) is 18.3 Å². The van der Waals surface area contributed by atoms with Gasteiger partial charge in [-0.2, -0.15) is 4.58 Å². The highest BCUT2D eigenvalue weighted by atomic mass is 32.2. The van der Waals surface area contributed by atoms with Gasteiger partial charge in [0.05, 0.1) is 17.5 Å². The van der Waals surface area contributed by atoms with Gasteiger partial charge in [-0.3, -0.25) is 9.59 Å². The van der Waals surface area contributed by atoms with Crippen LogP contribution in [0.5, 0.6) is 0 Å². The van der Waals surface area contributed by atoms with Crippen molar-refractivity contribution in [3.8, 4) is 0 Å². The van der Waals surface area contributed by atoms with Crippen LogP contribution < -0.4 is 4.90 Å². The summed E-state index contributed by atoms with van der Waals surface area (Å²) in [4.78, 5) is 25.8. The first-order valence-electron chi connectivity index (χ1n) is 15.9. The number of nitrogens with zero attached hydrogens (tertiary/aromatic N) is 2. The molecule has 10 heteroatoms. The van der Waals surface area contributed by atoms with E-state index < -0.39 is 17.4 Å². The molecular formula is C38H41N2O7S+. The molecule has 0 radical (unpaired) electrons. The van der Waals surface area contributed by atoms with E-state index in [1.54, 1.807) is 0 Å². The SMILES string of the molecule is CC1(C)C(/C=C/C=C/C=C/C=C2/N(CCCC(=O)O)c3ccccc3C2(C)C)=[N+](CCC(=O)O)c2ccc3cc(SOOO)ccc3c21. The second-order valence-corrected chi connectivity index (χ2v) is 13.6. The summed E-state index contributed by atoms with van der Waals surface area (Å²) in [6, 6.07) is 18.2. The van der Waals surface area contributed by atoms with Crippen LogP contribution in [0.25, 0.3) is 10.8 Å². The second-order valence-electron chi connectivity index (χ2n) is 12.8. The molecule has 0 spiro atoms. The standard InChI is InChI=1S/C38H40N2O7S/c1-37(2)29-13-10-11-14-30(29)39(23-12-17-34(41)42)32(37)15-8-6-5-7-9-16-33-38(3,4)36-28-20-19-27(48-47-46-45)25-26(28)18-21-31(36)40(33)24-22-35(43)44/h5-11,13-16,18-21,25H,12,17,22-24H2,1-4H3,(H2-,41,42,43,44,45)/p+1. The molecule has 5 rings (SSSR count). The van der Waals surface area contributed by atoms with Crippen LogP contribution >= 0.6 is 12.0 Å². The van der Waals surface area contributed by atoms with Gasteiger partial charge >= 0.3 is 11.9 Å². The molecule has 0 atom stereocenters. The number of carboxylic acids is 2. The average Bonchev–Trinajstić information content (AvgIpc) is 3.40. The predicted octanol–water partition coefficient (Wildman–Crippen LogP) is 8.33. The molecule has 0 aromatic heterocycles. The Labute approximate surface area is 284 Å². The van der Waals surface area contributed by atoms with E-state index in [4.69, 9.17) is 5.26 Å². The van der Waals surface area contributed by atoms with Gasteiger partial charge in [0.1, 0.15) is 6.42 Å². The summed E-state index contributed by atoms with van der Waals surface area (Å²) in [5.74, 6) is -1.65. The third kappa shape index (κ3) is 7.17. The normalized spacial score (nSPS) is 17.4. The lowest BCUT2D eigenvalue weighted by atomic mass is 9.79. The van der Waals surface area contributed by atoms with Crippen LogP contribution in [0.15, 0.2) is 108 Å². The number of carbonyl (C=O) groups is 2. The number of benzene rings is 3. The summed E-state index contributed by atoms with van der Waals surface area (Å²) in [6.07, 6.45) is 14.7. The van der Waals surface area contributed by atoms with Gasteiger partial charge in [-0.1, -0.05) is 73.5 Å². The second kappa shape index (κ2) is 14.7. The molecule has 250 valence electrons. The third-order valence-electron chi connectivity index (χ3n) is 9.05. The summed E-state index contributed by atoms with van der Waals surface area (Å²) in [7, 11) is 0. The molecule has 3 aromatic rings. The van der Waals surface area contributed by atoms with Gasteiger partial charge in [-0.15, -0.1) is 4.33 Å². The first kappa shape index (κ1) is 34.8. The summed E-state index contributed by atoms with van der Waals surface area (Å²) in [5.41, 5.74) is 5.92. The van der Waals surface area contributed by atoms with Gasteiger partial charge in [0.2, 0.25) is 5.69 Å². The number of carboxylic acid groups (broad SMARTS) is 2. The monoisotopic (exact) mass is 669 g/mol. The molecule has 3 aromatic carbocycles. The molecular weight excluding hydrogens is 628 g/mol.